The van der Waals surface area contributed by atoms with Crippen LogP contribution >= 0.6 is 12.2 Å². The van der Waals surface area contributed by atoms with Crippen LogP contribution in [0, 0.1) is 6.92 Å². The van der Waals surface area contributed by atoms with Gasteiger partial charge in [0.05, 0.1) is 17.8 Å². The van der Waals surface area contributed by atoms with E-state index in [1.54, 1.807) is 6.20 Å². The first-order valence-electron chi connectivity index (χ1n) is 12.7. The predicted octanol–water partition coefficient (Wildman–Crippen LogP) is 5.25. The molecular formula is C30H32N6OS. The number of anilines is 2. The average Bonchev–Trinajstić information content (AvgIpc) is 3.53. The van der Waals surface area contributed by atoms with Crippen molar-refractivity contribution in [3.63, 3.8) is 0 Å². The Bertz CT molecular complexity index is 1420. The number of nitrogens with zero attached hydrogens (tertiary/aromatic N) is 4. The highest BCUT2D eigenvalue weighted by Gasteiger charge is 2.41. The molecule has 1 amide bonds. The molecule has 2 N–H and O–H groups in total. The average molecular weight is 525 g/mol. The van der Waals surface area contributed by atoms with Crippen molar-refractivity contribution in [2.75, 3.05) is 30.9 Å². The highest BCUT2D eigenvalue weighted by Crippen LogP contribution is 2.39. The number of hydrogen-bond acceptors (Lipinski definition) is 4. The van der Waals surface area contributed by atoms with Gasteiger partial charge < -0.3 is 25.0 Å². The van der Waals surface area contributed by atoms with E-state index in [0.717, 1.165) is 34.0 Å². The Kier molecular flexibility index (Phi) is 7.42. The van der Waals surface area contributed by atoms with Gasteiger partial charge in [-0.15, -0.1) is 0 Å². The highest BCUT2D eigenvalue weighted by molar-refractivity contribution is 7.80. The number of para-hydroxylation sites is 1. The number of benzene rings is 2. The smallest absolute Gasteiger partial charge is 0.226 e. The van der Waals surface area contributed by atoms with E-state index in [-0.39, 0.29) is 18.0 Å². The zero-order chi connectivity index (χ0) is 26.6. The van der Waals surface area contributed by atoms with Gasteiger partial charge in [0.1, 0.15) is 0 Å². The van der Waals surface area contributed by atoms with Gasteiger partial charge in [-0.05, 0) is 79.3 Å². The summed E-state index contributed by atoms with van der Waals surface area (Å²) >= 11 is 5.82. The van der Waals surface area contributed by atoms with Crippen molar-refractivity contribution in [2.45, 2.75) is 25.4 Å². The second-order valence-electron chi connectivity index (χ2n) is 9.65. The molecular weight excluding hydrogens is 492 g/mol. The summed E-state index contributed by atoms with van der Waals surface area (Å²) in [7, 11) is 4.07. The number of hydrogen-bond donors (Lipinski definition) is 2. The standard InChI is InChI=1S/C30H32N6OS/c1-21-9-4-5-10-24(21)32-27(37)17-20-36-29(28(33-30(36)38)25-11-6-7-18-31-25)26-12-8-19-35(26)23-15-13-22(14-16-23)34(2)3/h4-16,18-19,28-29H,17,20H2,1-3H3,(H,32,37)(H,33,38)/t28-,29+/m0/s1. The van der Waals surface area contributed by atoms with E-state index in [4.69, 9.17) is 12.2 Å². The quantitative estimate of drug-likeness (QED) is 0.307. The van der Waals surface area contributed by atoms with E-state index in [0.29, 0.717) is 18.1 Å². The highest BCUT2D eigenvalue weighted by atomic mass is 32.1. The zero-order valence-corrected chi connectivity index (χ0v) is 22.7. The maximum atomic E-state index is 12.9. The summed E-state index contributed by atoms with van der Waals surface area (Å²) < 4.78 is 2.19. The zero-order valence-electron chi connectivity index (χ0n) is 21.8. The lowest BCUT2D eigenvalue weighted by Crippen LogP contribution is -2.33. The van der Waals surface area contributed by atoms with Crippen LogP contribution in [-0.2, 0) is 4.79 Å². The topological polar surface area (TPSA) is 65.4 Å². The summed E-state index contributed by atoms with van der Waals surface area (Å²) in [5, 5.41) is 7.15. The van der Waals surface area contributed by atoms with Crippen molar-refractivity contribution in [1.29, 1.82) is 0 Å². The Hall–Kier alpha value is -4.17. The van der Waals surface area contributed by atoms with Gasteiger partial charge in [-0.25, -0.2) is 0 Å². The van der Waals surface area contributed by atoms with Crippen LogP contribution in [0.5, 0.6) is 0 Å². The first-order chi connectivity index (χ1) is 18.4. The molecule has 0 unspecified atom stereocenters. The Morgan fingerprint density at radius 3 is 2.50 bits per heavy atom. The fourth-order valence-corrected chi connectivity index (χ4v) is 5.23. The van der Waals surface area contributed by atoms with Crippen molar-refractivity contribution in [1.82, 2.24) is 19.8 Å². The minimum absolute atomic E-state index is 0.0446. The number of aryl methyl sites for hydroxylation is 1. The summed E-state index contributed by atoms with van der Waals surface area (Å²) in [5.41, 5.74) is 6.04. The largest absolute Gasteiger partial charge is 0.378 e. The molecule has 0 radical (unpaired) electrons. The summed E-state index contributed by atoms with van der Waals surface area (Å²) in [5.74, 6) is -0.0446. The molecule has 1 saturated heterocycles. The fourth-order valence-electron chi connectivity index (χ4n) is 4.90. The van der Waals surface area contributed by atoms with Gasteiger partial charge in [0, 0.05) is 62.2 Å². The van der Waals surface area contributed by atoms with Gasteiger partial charge in [-0.2, -0.15) is 0 Å². The number of thiocarbonyl (C=S) groups is 1. The summed E-state index contributed by atoms with van der Waals surface area (Å²) in [6.45, 7) is 2.46. The van der Waals surface area contributed by atoms with E-state index in [2.05, 4.69) is 72.6 Å². The van der Waals surface area contributed by atoms with Crippen LogP contribution in [0.4, 0.5) is 11.4 Å². The third-order valence-electron chi connectivity index (χ3n) is 6.92. The first kappa shape index (κ1) is 25.5. The van der Waals surface area contributed by atoms with Gasteiger partial charge in [-0.1, -0.05) is 24.3 Å². The molecule has 1 aliphatic heterocycles. The summed E-state index contributed by atoms with van der Waals surface area (Å²) in [4.78, 5) is 21.8. The van der Waals surface area contributed by atoms with Crippen molar-refractivity contribution in [2.24, 2.45) is 0 Å². The van der Waals surface area contributed by atoms with Crippen LogP contribution < -0.4 is 15.5 Å². The van der Waals surface area contributed by atoms with Gasteiger partial charge >= 0.3 is 0 Å². The number of rotatable bonds is 8. The lowest BCUT2D eigenvalue weighted by Gasteiger charge is -2.29. The maximum Gasteiger partial charge on any atom is 0.226 e. The van der Waals surface area contributed by atoms with Crippen LogP contribution in [-0.4, -0.2) is 46.1 Å². The maximum absolute atomic E-state index is 12.9. The van der Waals surface area contributed by atoms with Crippen molar-refractivity contribution >= 4 is 34.6 Å². The molecule has 38 heavy (non-hydrogen) atoms. The van der Waals surface area contributed by atoms with Crippen LogP contribution in [0.2, 0.25) is 0 Å². The fraction of sp³-hybridized carbons (Fsp3) is 0.233. The Morgan fingerprint density at radius 1 is 1.03 bits per heavy atom. The molecule has 0 aliphatic carbocycles. The van der Waals surface area contributed by atoms with E-state index in [1.807, 2.05) is 63.5 Å². The molecule has 194 valence electrons. The third kappa shape index (κ3) is 5.26. The Labute approximate surface area is 229 Å². The van der Waals surface area contributed by atoms with E-state index < -0.39 is 0 Å². The number of amides is 1. The molecule has 1 fully saturated rings. The molecule has 7 nitrogen and oxygen atoms in total. The second kappa shape index (κ2) is 11.1. The van der Waals surface area contributed by atoms with E-state index >= 15 is 0 Å². The molecule has 4 aromatic rings. The predicted molar refractivity (Wildman–Crippen MR) is 157 cm³/mol. The first-order valence-corrected chi connectivity index (χ1v) is 13.1. The van der Waals surface area contributed by atoms with Gasteiger partial charge in [0.2, 0.25) is 5.91 Å². The minimum atomic E-state index is -0.155. The number of aromatic nitrogens is 2. The monoisotopic (exact) mass is 524 g/mol. The van der Waals surface area contributed by atoms with E-state index in [1.165, 1.54) is 0 Å². The molecule has 8 heteroatoms. The Balaban J connectivity index is 1.44. The van der Waals surface area contributed by atoms with Gasteiger partial charge in [0.25, 0.3) is 0 Å². The van der Waals surface area contributed by atoms with Crippen LogP contribution in [0.25, 0.3) is 5.69 Å². The lowest BCUT2D eigenvalue weighted by molar-refractivity contribution is -0.116. The van der Waals surface area contributed by atoms with E-state index in [9.17, 15) is 4.79 Å². The molecule has 0 saturated carbocycles. The molecule has 2 aromatic carbocycles. The molecule has 2 aromatic heterocycles. The SMILES string of the molecule is Cc1ccccc1NC(=O)CCN1C(=S)N[C@@H](c2ccccn2)[C@H]1c1cccn1-c1ccc(N(C)C)cc1. The minimum Gasteiger partial charge on any atom is -0.378 e. The third-order valence-corrected chi connectivity index (χ3v) is 7.28. The number of carbonyl (C=O) groups excluding carboxylic acids is 1. The second-order valence-corrected chi connectivity index (χ2v) is 10.0. The molecule has 0 bridgehead atoms. The molecule has 2 atom stereocenters. The molecule has 1 aliphatic rings. The van der Waals surface area contributed by atoms with Gasteiger partial charge in [0.15, 0.2) is 5.11 Å². The normalized spacial score (nSPS) is 16.8. The van der Waals surface area contributed by atoms with Crippen molar-refractivity contribution < 1.29 is 4.79 Å². The summed E-state index contributed by atoms with van der Waals surface area (Å²) in [6.07, 6.45) is 4.17. The van der Waals surface area contributed by atoms with Gasteiger partial charge in [-0.3, -0.25) is 9.78 Å². The Morgan fingerprint density at radius 2 is 1.79 bits per heavy atom. The number of pyridine rings is 1. The molecule has 3 heterocycles. The number of nitrogens with one attached hydrogen (secondary N) is 2. The van der Waals surface area contributed by atoms with Crippen LogP contribution in [0.15, 0.2) is 91.3 Å². The van der Waals surface area contributed by atoms with Crippen molar-refractivity contribution in [3.8, 4) is 5.69 Å². The molecule has 5 rings (SSSR count). The van der Waals surface area contributed by atoms with Crippen LogP contribution in [0.1, 0.15) is 35.5 Å². The van der Waals surface area contributed by atoms with Crippen molar-refractivity contribution in [3.05, 3.63) is 108 Å². The molecule has 0 spiro atoms. The summed E-state index contributed by atoms with van der Waals surface area (Å²) in [6, 6.07) is 26.0. The number of carbonyl (C=O) groups is 1. The van der Waals surface area contributed by atoms with Crippen LogP contribution in [0.3, 0.4) is 0 Å². The lowest BCUT2D eigenvalue weighted by atomic mass is 10.0.